The van der Waals surface area contributed by atoms with E-state index in [1.165, 1.54) is 4.88 Å². The van der Waals surface area contributed by atoms with Gasteiger partial charge in [-0.3, -0.25) is 0 Å². The van der Waals surface area contributed by atoms with Crippen molar-refractivity contribution in [2.24, 2.45) is 0 Å². The molecule has 0 bridgehead atoms. The van der Waals surface area contributed by atoms with Gasteiger partial charge in [-0.25, -0.2) is 9.97 Å². The van der Waals surface area contributed by atoms with E-state index in [1.807, 2.05) is 13.0 Å². The molecule has 3 aromatic rings. The van der Waals surface area contributed by atoms with Crippen molar-refractivity contribution in [2.75, 3.05) is 5.32 Å². The van der Waals surface area contributed by atoms with Gasteiger partial charge < -0.3 is 9.84 Å². The molecule has 22 heavy (non-hydrogen) atoms. The van der Waals surface area contributed by atoms with E-state index in [-0.39, 0.29) is 6.04 Å². The van der Waals surface area contributed by atoms with Crippen LogP contribution in [-0.2, 0) is 0 Å². The van der Waals surface area contributed by atoms with Gasteiger partial charge in [-0.1, -0.05) is 5.16 Å². The molecule has 6 heteroatoms. The van der Waals surface area contributed by atoms with E-state index in [0.29, 0.717) is 11.7 Å². The van der Waals surface area contributed by atoms with Crippen LogP contribution in [0.1, 0.15) is 24.4 Å². The minimum absolute atomic E-state index is 0.274. The maximum absolute atomic E-state index is 5.39. The van der Waals surface area contributed by atoms with Crippen molar-refractivity contribution in [3.8, 4) is 21.9 Å². The zero-order chi connectivity index (χ0) is 15.7. The van der Waals surface area contributed by atoms with E-state index >= 15 is 0 Å². The van der Waals surface area contributed by atoms with Crippen molar-refractivity contribution in [1.82, 2.24) is 15.1 Å². The van der Waals surface area contributed by atoms with Crippen LogP contribution >= 0.6 is 11.3 Å². The van der Waals surface area contributed by atoms with Crippen LogP contribution in [0.5, 0.6) is 0 Å². The van der Waals surface area contributed by atoms with Crippen molar-refractivity contribution in [3.63, 3.8) is 0 Å². The first kappa shape index (κ1) is 14.7. The number of nitrogens with zero attached hydrogens (tertiary/aromatic N) is 3. The Morgan fingerprint density at radius 3 is 2.64 bits per heavy atom. The Morgan fingerprint density at radius 2 is 2.05 bits per heavy atom. The second kappa shape index (κ2) is 5.88. The van der Waals surface area contributed by atoms with Gasteiger partial charge >= 0.3 is 0 Å². The summed E-state index contributed by atoms with van der Waals surface area (Å²) in [5.74, 6) is 1.31. The number of aromatic nitrogens is 3. The van der Waals surface area contributed by atoms with Gasteiger partial charge in [0.2, 0.25) is 5.95 Å². The van der Waals surface area contributed by atoms with Gasteiger partial charge in [-0.05, 0) is 39.8 Å². The standard InChI is InChI=1S/C16H18N4OS/c1-9(2)18-16-17-8-12(13-7-10(3)20-21-13)15(19-16)14-6-5-11(4)22-14/h5-9H,1-4H3,(H,17,18,19). The van der Waals surface area contributed by atoms with Crippen LogP contribution in [0.4, 0.5) is 5.95 Å². The first-order chi connectivity index (χ1) is 10.5. The summed E-state index contributed by atoms with van der Waals surface area (Å²) in [5.41, 5.74) is 2.57. The van der Waals surface area contributed by atoms with Gasteiger partial charge in [0.1, 0.15) is 0 Å². The Labute approximate surface area is 133 Å². The summed E-state index contributed by atoms with van der Waals surface area (Å²) in [7, 11) is 0. The molecular formula is C16H18N4OS. The van der Waals surface area contributed by atoms with Crippen LogP contribution in [-0.4, -0.2) is 21.2 Å². The van der Waals surface area contributed by atoms with Crippen LogP contribution in [0.2, 0.25) is 0 Å². The number of aryl methyl sites for hydroxylation is 2. The second-order valence-electron chi connectivity index (χ2n) is 5.50. The van der Waals surface area contributed by atoms with Crippen LogP contribution in [0.15, 0.2) is 28.9 Å². The van der Waals surface area contributed by atoms with Gasteiger partial charge in [0.25, 0.3) is 0 Å². The predicted octanol–water partition coefficient (Wildman–Crippen LogP) is 4.30. The van der Waals surface area contributed by atoms with Gasteiger partial charge in [-0.2, -0.15) is 0 Å². The van der Waals surface area contributed by atoms with Crippen LogP contribution in [0, 0.1) is 13.8 Å². The summed E-state index contributed by atoms with van der Waals surface area (Å²) < 4.78 is 5.39. The molecule has 0 aliphatic carbocycles. The molecule has 1 N–H and O–H groups in total. The lowest BCUT2D eigenvalue weighted by molar-refractivity contribution is 0.427. The number of hydrogen-bond acceptors (Lipinski definition) is 6. The fourth-order valence-electron chi connectivity index (χ4n) is 2.13. The molecule has 5 nitrogen and oxygen atoms in total. The molecule has 0 radical (unpaired) electrons. The molecule has 0 amide bonds. The SMILES string of the molecule is Cc1cc(-c2cnc(NC(C)C)nc2-c2ccc(C)s2)on1. The molecule has 0 unspecified atom stereocenters. The van der Waals surface area contributed by atoms with E-state index in [9.17, 15) is 0 Å². The van der Waals surface area contributed by atoms with Crippen LogP contribution in [0.25, 0.3) is 21.9 Å². The zero-order valence-corrected chi connectivity index (χ0v) is 13.9. The Hall–Kier alpha value is -2.21. The Balaban J connectivity index is 2.12. The maximum Gasteiger partial charge on any atom is 0.223 e. The Bertz CT molecular complexity index is 791. The van der Waals surface area contributed by atoms with Crippen LogP contribution in [0.3, 0.4) is 0 Å². The minimum atomic E-state index is 0.274. The summed E-state index contributed by atoms with van der Waals surface area (Å²) in [6.45, 7) is 8.11. The largest absolute Gasteiger partial charge is 0.356 e. The topological polar surface area (TPSA) is 63.8 Å². The average Bonchev–Trinajstić information content (AvgIpc) is 3.07. The summed E-state index contributed by atoms with van der Waals surface area (Å²) in [6, 6.07) is 6.34. The highest BCUT2D eigenvalue weighted by Gasteiger charge is 2.16. The highest BCUT2D eigenvalue weighted by atomic mass is 32.1. The molecule has 0 fully saturated rings. The van der Waals surface area contributed by atoms with Crippen molar-refractivity contribution in [1.29, 1.82) is 0 Å². The lowest BCUT2D eigenvalue weighted by atomic mass is 10.1. The quantitative estimate of drug-likeness (QED) is 0.778. The molecule has 3 rings (SSSR count). The molecule has 114 valence electrons. The molecule has 0 saturated heterocycles. The first-order valence-electron chi connectivity index (χ1n) is 7.17. The minimum Gasteiger partial charge on any atom is -0.356 e. The molecule has 0 aliphatic heterocycles. The zero-order valence-electron chi connectivity index (χ0n) is 13.0. The molecule has 3 aromatic heterocycles. The van der Waals surface area contributed by atoms with Crippen molar-refractivity contribution < 1.29 is 4.52 Å². The van der Waals surface area contributed by atoms with Gasteiger partial charge in [0.05, 0.1) is 21.8 Å². The van der Waals surface area contributed by atoms with E-state index < -0.39 is 0 Å². The number of nitrogens with one attached hydrogen (secondary N) is 1. The fourth-order valence-corrected chi connectivity index (χ4v) is 3.00. The molecule has 0 aromatic carbocycles. The normalized spacial score (nSPS) is 11.1. The third-order valence-electron chi connectivity index (χ3n) is 3.07. The lowest BCUT2D eigenvalue weighted by Gasteiger charge is -2.10. The smallest absolute Gasteiger partial charge is 0.223 e. The summed E-state index contributed by atoms with van der Waals surface area (Å²) in [6.07, 6.45) is 1.79. The molecule has 0 aliphatic rings. The summed E-state index contributed by atoms with van der Waals surface area (Å²) >= 11 is 1.70. The highest BCUT2D eigenvalue weighted by Crippen LogP contribution is 2.35. The molecule has 3 heterocycles. The van der Waals surface area contributed by atoms with E-state index in [4.69, 9.17) is 4.52 Å². The summed E-state index contributed by atoms with van der Waals surface area (Å²) in [5, 5.41) is 7.20. The molecule has 0 spiro atoms. The van der Waals surface area contributed by atoms with E-state index in [1.54, 1.807) is 17.5 Å². The monoisotopic (exact) mass is 314 g/mol. The summed E-state index contributed by atoms with van der Waals surface area (Å²) in [4.78, 5) is 11.4. The highest BCUT2D eigenvalue weighted by molar-refractivity contribution is 7.15. The maximum atomic E-state index is 5.39. The van der Waals surface area contributed by atoms with E-state index in [0.717, 1.165) is 21.8 Å². The lowest BCUT2D eigenvalue weighted by Crippen LogP contribution is -2.12. The van der Waals surface area contributed by atoms with Gasteiger partial charge in [0.15, 0.2) is 5.76 Å². The van der Waals surface area contributed by atoms with E-state index in [2.05, 4.69) is 53.3 Å². The first-order valence-corrected chi connectivity index (χ1v) is 7.98. The van der Waals surface area contributed by atoms with Gasteiger partial charge in [0, 0.05) is 23.2 Å². The number of anilines is 1. The molecular weight excluding hydrogens is 296 g/mol. The van der Waals surface area contributed by atoms with Crippen molar-refractivity contribution >= 4 is 17.3 Å². The van der Waals surface area contributed by atoms with Crippen LogP contribution < -0.4 is 5.32 Å². The Morgan fingerprint density at radius 1 is 1.23 bits per heavy atom. The molecule has 0 atom stereocenters. The van der Waals surface area contributed by atoms with Crippen molar-refractivity contribution in [2.45, 2.75) is 33.7 Å². The number of hydrogen-bond donors (Lipinski definition) is 1. The third kappa shape index (κ3) is 3.01. The molecule has 0 saturated carbocycles. The second-order valence-corrected chi connectivity index (χ2v) is 6.79. The predicted molar refractivity (Wildman–Crippen MR) is 89.1 cm³/mol. The average molecular weight is 314 g/mol. The number of rotatable bonds is 4. The van der Waals surface area contributed by atoms with Gasteiger partial charge in [-0.15, -0.1) is 11.3 Å². The fraction of sp³-hybridized carbons (Fsp3) is 0.312. The van der Waals surface area contributed by atoms with Crippen molar-refractivity contribution in [3.05, 3.63) is 35.0 Å². The number of thiophene rings is 1. The Kier molecular flexibility index (Phi) is 3.94. The third-order valence-corrected chi connectivity index (χ3v) is 4.08.